The van der Waals surface area contributed by atoms with Crippen molar-refractivity contribution in [2.75, 3.05) is 13.2 Å². The van der Waals surface area contributed by atoms with E-state index >= 15 is 0 Å². The minimum atomic E-state index is -0.592. The molecule has 0 fully saturated rings. The largest absolute Gasteiger partial charge is 0.461 e. The second kappa shape index (κ2) is 7.70. The fourth-order valence-electron chi connectivity index (χ4n) is 1.01. The van der Waals surface area contributed by atoms with Crippen molar-refractivity contribution >= 4 is 34.7 Å². The number of ether oxygens (including phenoxy) is 2. The number of carbonyl (C=O) groups is 2. The van der Waals surface area contributed by atoms with Crippen molar-refractivity contribution in [3.8, 4) is 5.75 Å². The van der Waals surface area contributed by atoms with E-state index in [1.54, 1.807) is 12.1 Å². The number of esters is 1. The molecular weight excluding hydrogens is 349 g/mol. The van der Waals surface area contributed by atoms with Crippen molar-refractivity contribution in [3.05, 3.63) is 40.5 Å². The molecule has 0 aliphatic carbocycles. The summed E-state index contributed by atoms with van der Waals surface area (Å²) in [6.07, 6.45) is 0.468. The van der Waals surface area contributed by atoms with Gasteiger partial charge in [-0.3, -0.25) is 0 Å². The first-order valence-corrected chi connectivity index (χ1v) is 6.20. The van der Waals surface area contributed by atoms with E-state index < -0.39 is 12.1 Å². The van der Waals surface area contributed by atoms with Crippen molar-refractivity contribution in [1.82, 2.24) is 5.32 Å². The molecule has 6 heteroatoms. The molecular formula is C12H12INO4. The van der Waals surface area contributed by atoms with Crippen LogP contribution in [0.5, 0.6) is 5.75 Å². The molecule has 0 aliphatic rings. The maximum Gasteiger partial charge on any atom is 0.412 e. The van der Waals surface area contributed by atoms with Crippen LogP contribution in [0.4, 0.5) is 4.79 Å². The zero-order valence-corrected chi connectivity index (χ0v) is 11.7. The van der Waals surface area contributed by atoms with Crippen LogP contribution >= 0.6 is 22.6 Å². The van der Waals surface area contributed by atoms with Crippen molar-refractivity contribution in [2.24, 2.45) is 0 Å². The molecule has 0 spiro atoms. The molecule has 0 saturated heterocycles. The number of hydrogen-bond donors (Lipinski definition) is 1. The number of amides is 1. The number of hydrogen-bond acceptors (Lipinski definition) is 4. The van der Waals surface area contributed by atoms with Gasteiger partial charge in [0.1, 0.15) is 12.4 Å². The highest BCUT2D eigenvalue weighted by Crippen LogP contribution is 2.13. The predicted octanol–water partition coefficient (Wildman–Crippen LogP) is 2.11. The molecule has 0 atom stereocenters. The lowest BCUT2D eigenvalue weighted by Crippen LogP contribution is -2.30. The van der Waals surface area contributed by atoms with Gasteiger partial charge >= 0.3 is 12.1 Å². The summed E-state index contributed by atoms with van der Waals surface area (Å²) in [4.78, 5) is 22.0. The van der Waals surface area contributed by atoms with Gasteiger partial charge in [0.05, 0.1) is 6.54 Å². The van der Waals surface area contributed by atoms with Gasteiger partial charge < -0.3 is 14.8 Å². The molecule has 5 nitrogen and oxygen atoms in total. The number of rotatable bonds is 5. The number of nitrogens with one attached hydrogen (secondary N) is 1. The van der Waals surface area contributed by atoms with E-state index in [2.05, 4.69) is 39.2 Å². The highest BCUT2D eigenvalue weighted by molar-refractivity contribution is 14.1. The number of benzene rings is 1. The second-order valence-corrected chi connectivity index (χ2v) is 4.39. The Balaban J connectivity index is 2.23. The van der Waals surface area contributed by atoms with Crippen LogP contribution in [0.15, 0.2) is 36.9 Å². The molecule has 0 unspecified atom stereocenters. The minimum absolute atomic E-state index is 0.0760. The summed E-state index contributed by atoms with van der Waals surface area (Å²) in [6, 6.07) is 7.04. The Labute approximate surface area is 118 Å². The van der Waals surface area contributed by atoms with E-state index in [-0.39, 0.29) is 13.2 Å². The quantitative estimate of drug-likeness (QED) is 0.378. The fourth-order valence-corrected chi connectivity index (χ4v) is 1.37. The molecule has 0 aliphatic heterocycles. The van der Waals surface area contributed by atoms with E-state index in [4.69, 9.17) is 4.74 Å². The van der Waals surface area contributed by atoms with E-state index in [0.29, 0.717) is 5.75 Å². The number of halogens is 1. The normalized spacial score (nSPS) is 9.39. The molecule has 0 bridgehead atoms. The van der Waals surface area contributed by atoms with Crippen LogP contribution in [0.3, 0.4) is 0 Å². The van der Waals surface area contributed by atoms with Crippen LogP contribution in [0.25, 0.3) is 0 Å². The van der Waals surface area contributed by atoms with E-state index in [9.17, 15) is 9.59 Å². The highest BCUT2D eigenvalue weighted by atomic mass is 127. The van der Waals surface area contributed by atoms with Gasteiger partial charge in [-0.1, -0.05) is 6.58 Å². The van der Waals surface area contributed by atoms with Gasteiger partial charge in [0.25, 0.3) is 0 Å². The molecule has 96 valence electrons. The fraction of sp³-hybridized carbons (Fsp3) is 0.167. The summed E-state index contributed by atoms with van der Waals surface area (Å²) >= 11 is 2.15. The molecule has 1 N–H and O–H groups in total. The zero-order chi connectivity index (χ0) is 13.4. The van der Waals surface area contributed by atoms with Gasteiger partial charge in [-0.25, -0.2) is 9.59 Å². The maximum absolute atomic E-state index is 11.3. The van der Waals surface area contributed by atoms with Crippen molar-refractivity contribution < 1.29 is 19.1 Å². The first kappa shape index (κ1) is 14.5. The topological polar surface area (TPSA) is 64.6 Å². The lowest BCUT2D eigenvalue weighted by atomic mass is 10.3. The SMILES string of the molecule is C=CC(=O)OCCNC(=O)Oc1ccc(I)cc1. The molecule has 0 aromatic heterocycles. The van der Waals surface area contributed by atoms with E-state index in [1.165, 1.54) is 0 Å². The number of carbonyl (C=O) groups excluding carboxylic acids is 2. The first-order chi connectivity index (χ1) is 8.61. The lowest BCUT2D eigenvalue weighted by Gasteiger charge is -2.06. The third-order valence-electron chi connectivity index (χ3n) is 1.81. The zero-order valence-electron chi connectivity index (χ0n) is 9.52. The summed E-state index contributed by atoms with van der Waals surface area (Å²) in [5.74, 6) is -0.0706. The van der Waals surface area contributed by atoms with Gasteiger partial charge in [0.2, 0.25) is 0 Å². The van der Waals surface area contributed by atoms with Gasteiger partial charge in [0, 0.05) is 9.65 Å². The second-order valence-electron chi connectivity index (χ2n) is 3.14. The molecule has 1 aromatic carbocycles. The van der Waals surface area contributed by atoms with Crippen molar-refractivity contribution in [2.45, 2.75) is 0 Å². The summed E-state index contributed by atoms with van der Waals surface area (Å²) in [6.45, 7) is 3.51. The van der Waals surface area contributed by atoms with Gasteiger partial charge in [-0.2, -0.15) is 0 Å². The van der Waals surface area contributed by atoms with Crippen LogP contribution < -0.4 is 10.1 Å². The first-order valence-electron chi connectivity index (χ1n) is 5.12. The van der Waals surface area contributed by atoms with Crippen molar-refractivity contribution in [1.29, 1.82) is 0 Å². The van der Waals surface area contributed by atoms with E-state index in [0.717, 1.165) is 9.65 Å². The predicted molar refractivity (Wildman–Crippen MR) is 74.3 cm³/mol. The van der Waals surface area contributed by atoms with Gasteiger partial charge in [0.15, 0.2) is 0 Å². The van der Waals surface area contributed by atoms with Crippen LogP contribution in [-0.4, -0.2) is 25.2 Å². The standard InChI is InChI=1S/C12H12INO4/c1-2-11(15)17-8-7-14-12(16)18-10-5-3-9(13)4-6-10/h2-6H,1,7-8H2,(H,14,16). The summed E-state index contributed by atoms with van der Waals surface area (Å²) in [7, 11) is 0. The van der Waals surface area contributed by atoms with Crippen molar-refractivity contribution in [3.63, 3.8) is 0 Å². The molecule has 0 radical (unpaired) electrons. The van der Waals surface area contributed by atoms with Crippen LogP contribution in [0.2, 0.25) is 0 Å². The Hall–Kier alpha value is -1.57. The molecule has 0 heterocycles. The van der Waals surface area contributed by atoms with Crippen LogP contribution in [-0.2, 0) is 9.53 Å². The molecule has 1 amide bonds. The Kier molecular flexibility index (Phi) is 6.20. The Morgan fingerprint density at radius 2 is 2.00 bits per heavy atom. The van der Waals surface area contributed by atoms with Crippen LogP contribution in [0.1, 0.15) is 0 Å². The van der Waals surface area contributed by atoms with E-state index in [1.807, 2.05) is 12.1 Å². The smallest absolute Gasteiger partial charge is 0.412 e. The summed E-state index contributed by atoms with van der Waals surface area (Å²) in [5.41, 5.74) is 0. The summed E-state index contributed by atoms with van der Waals surface area (Å²) < 4.78 is 10.7. The Morgan fingerprint density at radius 3 is 2.61 bits per heavy atom. The minimum Gasteiger partial charge on any atom is -0.461 e. The lowest BCUT2D eigenvalue weighted by molar-refractivity contribution is -0.137. The average Bonchev–Trinajstić information content (AvgIpc) is 2.37. The molecule has 0 saturated carbocycles. The molecule has 1 rings (SSSR count). The van der Waals surface area contributed by atoms with Gasteiger partial charge in [-0.05, 0) is 46.9 Å². The third-order valence-corrected chi connectivity index (χ3v) is 2.53. The molecule has 1 aromatic rings. The Morgan fingerprint density at radius 1 is 1.33 bits per heavy atom. The average molecular weight is 361 g/mol. The summed E-state index contributed by atoms with van der Waals surface area (Å²) in [5, 5.41) is 2.45. The van der Waals surface area contributed by atoms with Gasteiger partial charge in [-0.15, -0.1) is 0 Å². The Bertz CT molecular complexity index is 430. The highest BCUT2D eigenvalue weighted by Gasteiger charge is 2.03. The molecule has 18 heavy (non-hydrogen) atoms. The monoisotopic (exact) mass is 361 g/mol. The van der Waals surface area contributed by atoms with Crippen LogP contribution in [0, 0.1) is 3.57 Å². The third kappa shape index (κ3) is 5.67. The maximum atomic E-state index is 11.3.